The number of anilines is 1. The molecule has 3 rings (SSSR count). The number of aromatic amines is 1. The van der Waals surface area contributed by atoms with Crippen molar-refractivity contribution in [2.24, 2.45) is 0 Å². The summed E-state index contributed by atoms with van der Waals surface area (Å²) >= 11 is 0. The molecular formula is C22H25N3O5. The summed E-state index contributed by atoms with van der Waals surface area (Å²) < 4.78 is 15.5. The zero-order chi connectivity index (χ0) is 21.5. The van der Waals surface area contributed by atoms with Crippen LogP contribution >= 0.6 is 0 Å². The first kappa shape index (κ1) is 21.0. The van der Waals surface area contributed by atoms with Gasteiger partial charge in [0.1, 0.15) is 17.5 Å². The van der Waals surface area contributed by atoms with Crippen molar-refractivity contribution in [2.45, 2.75) is 19.4 Å². The van der Waals surface area contributed by atoms with E-state index in [2.05, 4.69) is 15.6 Å². The number of methoxy groups -OCH3 is 2. The highest BCUT2D eigenvalue weighted by atomic mass is 16.5. The van der Waals surface area contributed by atoms with Crippen LogP contribution < -0.4 is 20.1 Å². The molecule has 3 aromatic rings. The van der Waals surface area contributed by atoms with E-state index in [9.17, 15) is 9.59 Å². The van der Waals surface area contributed by atoms with Crippen LogP contribution in [0.4, 0.5) is 10.5 Å². The van der Waals surface area contributed by atoms with Gasteiger partial charge >= 0.3 is 6.09 Å². The Morgan fingerprint density at radius 1 is 1.10 bits per heavy atom. The highest BCUT2D eigenvalue weighted by molar-refractivity contribution is 5.98. The molecule has 0 saturated carbocycles. The largest absolute Gasteiger partial charge is 0.497 e. The number of amides is 2. The van der Waals surface area contributed by atoms with Gasteiger partial charge in [-0.1, -0.05) is 18.2 Å². The summed E-state index contributed by atoms with van der Waals surface area (Å²) in [6, 6.07) is 12.0. The summed E-state index contributed by atoms with van der Waals surface area (Å²) in [7, 11) is 3.05. The van der Waals surface area contributed by atoms with Gasteiger partial charge in [0.25, 0.3) is 0 Å². The summed E-state index contributed by atoms with van der Waals surface area (Å²) in [6.07, 6.45) is 1.46. The summed E-state index contributed by atoms with van der Waals surface area (Å²) in [5.74, 6) is 0.642. The van der Waals surface area contributed by atoms with Gasteiger partial charge in [-0.15, -0.1) is 0 Å². The van der Waals surface area contributed by atoms with E-state index in [0.29, 0.717) is 17.2 Å². The van der Waals surface area contributed by atoms with Gasteiger partial charge in [-0.2, -0.15) is 0 Å². The van der Waals surface area contributed by atoms with Crippen LogP contribution in [0, 0.1) is 0 Å². The smallest absolute Gasteiger partial charge is 0.407 e. The maximum absolute atomic E-state index is 13.1. The number of carbonyl (C=O) groups is 2. The standard InChI is InChI=1S/C22H25N3O5/c1-4-30-22(27)25-19(11-14-13-23-17-8-6-5-7-16(14)17)21(26)24-18-12-15(28-2)9-10-20(18)29-3/h5-10,12-13,19,23H,4,11H2,1-3H3,(H,24,26)(H,25,27)/t19-/m1/s1. The molecule has 0 aliphatic rings. The van der Waals surface area contributed by atoms with Gasteiger partial charge in [-0.25, -0.2) is 4.79 Å². The highest BCUT2D eigenvalue weighted by Crippen LogP contribution is 2.29. The molecule has 0 spiro atoms. The lowest BCUT2D eigenvalue weighted by Crippen LogP contribution is -2.45. The minimum atomic E-state index is -0.862. The van der Waals surface area contributed by atoms with Gasteiger partial charge in [-0.05, 0) is 30.7 Å². The van der Waals surface area contributed by atoms with Crippen molar-refractivity contribution < 1.29 is 23.8 Å². The fourth-order valence-electron chi connectivity index (χ4n) is 3.18. The zero-order valence-corrected chi connectivity index (χ0v) is 17.2. The summed E-state index contributed by atoms with van der Waals surface area (Å²) in [5.41, 5.74) is 2.30. The number of para-hydroxylation sites is 1. The molecule has 8 nitrogen and oxygen atoms in total. The fourth-order valence-corrected chi connectivity index (χ4v) is 3.18. The van der Waals surface area contributed by atoms with Crippen molar-refractivity contribution in [3.8, 4) is 11.5 Å². The lowest BCUT2D eigenvalue weighted by Gasteiger charge is -2.19. The number of H-pyrrole nitrogens is 1. The Balaban J connectivity index is 1.86. The van der Waals surface area contributed by atoms with E-state index < -0.39 is 18.0 Å². The molecule has 158 valence electrons. The minimum Gasteiger partial charge on any atom is -0.497 e. The third kappa shape index (κ3) is 4.83. The molecule has 0 unspecified atom stereocenters. The molecule has 1 aromatic heterocycles. The summed E-state index contributed by atoms with van der Waals surface area (Å²) in [5, 5.41) is 6.45. The average molecular weight is 411 g/mol. The first-order valence-corrected chi connectivity index (χ1v) is 9.56. The number of rotatable bonds is 8. The number of ether oxygens (including phenoxy) is 3. The third-order valence-corrected chi connectivity index (χ3v) is 4.65. The maximum Gasteiger partial charge on any atom is 0.407 e. The SMILES string of the molecule is CCOC(=O)N[C@H](Cc1c[nH]c2ccccc12)C(=O)Nc1cc(OC)ccc1OC. The average Bonchev–Trinajstić information content (AvgIpc) is 3.16. The molecule has 8 heteroatoms. The molecule has 0 saturated heterocycles. The van der Waals surface area contributed by atoms with Gasteiger partial charge in [0.05, 0.1) is 26.5 Å². The highest BCUT2D eigenvalue weighted by Gasteiger charge is 2.24. The van der Waals surface area contributed by atoms with Crippen molar-refractivity contribution in [1.82, 2.24) is 10.3 Å². The van der Waals surface area contributed by atoms with Gasteiger partial charge in [0.2, 0.25) is 5.91 Å². The number of hydrogen-bond acceptors (Lipinski definition) is 5. The maximum atomic E-state index is 13.1. The Morgan fingerprint density at radius 2 is 1.90 bits per heavy atom. The molecule has 0 fully saturated rings. The molecule has 0 radical (unpaired) electrons. The Hall–Kier alpha value is -3.68. The Bertz CT molecular complexity index is 1030. The predicted molar refractivity (Wildman–Crippen MR) is 114 cm³/mol. The van der Waals surface area contributed by atoms with Crippen molar-refractivity contribution in [3.63, 3.8) is 0 Å². The lowest BCUT2D eigenvalue weighted by atomic mass is 10.0. The van der Waals surface area contributed by atoms with Gasteiger partial charge < -0.3 is 29.8 Å². The minimum absolute atomic E-state index is 0.205. The van der Waals surface area contributed by atoms with Crippen molar-refractivity contribution in [2.75, 3.05) is 26.1 Å². The first-order chi connectivity index (χ1) is 14.5. The van der Waals surface area contributed by atoms with Crippen molar-refractivity contribution in [3.05, 3.63) is 54.2 Å². The monoisotopic (exact) mass is 411 g/mol. The van der Waals surface area contributed by atoms with Crippen LogP contribution in [-0.4, -0.2) is 43.9 Å². The van der Waals surface area contributed by atoms with Gasteiger partial charge in [-0.3, -0.25) is 4.79 Å². The first-order valence-electron chi connectivity index (χ1n) is 9.56. The molecule has 1 heterocycles. The third-order valence-electron chi connectivity index (χ3n) is 4.65. The van der Waals surface area contributed by atoms with Gasteiger partial charge in [0.15, 0.2) is 0 Å². The molecule has 30 heavy (non-hydrogen) atoms. The van der Waals surface area contributed by atoms with E-state index in [4.69, 9.17) is 14.2 Å². The molecule has 0 aliphatic heterocycles. The Morgan fingerprint density at radius 3 is 2.63 bits per heavy atom. The molecule has 1 atom stereocenters. The Kier molecular flexibility index (Phi) is 6.79. The van der Waals surface area contributed by atoms with Crippen molar-refractivity contribution in [1.29, 1.82) is 0 Å². The van der Waals surface area contributed by atoms with Crippen LogP contribution in [0.1, 0.15) is 12.5 Å². The van der Waals surface area contributed by atoms with Crippen LogP contribution in [-0.2, 0) is 16.0 Å². The number of carbonyl (C=O) groups excluding carboxylic acids is 2. The van der Waals surface area contributed by atoms with E-state index in [1.54, 1.807) is 25.1 Å². The van der Waals surface area contributed by atoms with Crippen LogP contribution in [0.3, 0.4) is 0 Å². The van der Waals surface area contributed by atoms with Gasteiger partial charge in [0, 0.05) is 29.6 Å². The van der Waals surface area contributed by atoms with E-state index in [-0.39, 0.29) is 13.0 Å². The molecule has 2 amide bonds. The number of hydrogen-bond donors (Lipinski definition) is 3. The molecular weight excluding hydrogens is 386 g/mol. The number of alkyl carbamates (subject to hydrolysis) is 1. The second kappa shape index (κ2) is 9.69. The topological polar surface area (TPSA) is 102 Å². The quantitative estimate of drug-likeness (QED) is 0.527. The van der Waals surface area contributed by atoms with Crippen LogP contribution in [0.5, 0.6) is 11.5 Å². The van der Waals surface area contributed by atoms with E-state index >= 15 is 0 Å². The van der Waals surface area contributed by atoms with Crippen molar-refractivity contribution >= 4 is 28.6 Å². The second-order valence-electron chi connectivity index (χ2n) is 6.54. The second-order valence-corrected chi connectivity index (χ2v) is 6.54. The van der Waals surface area contributed by atoms with Crippen LogP contribution in [0.25, 0.3) is 10.9 Å². The zero-order valence-electron chi connectivity index (χ0n) is 17.2. The van der Waals surface area contributed by atoms with Crippen LogP contribution in [0.2, 0.25) is 0 Å². The number of benzene rings is 2. The van der Waals surface area contributed by atoms with Crippen LogP contribution in [0.15, 0.2) is 48.7 Å². The summed E-state index contributed by atoms with van der Waals surface area (Å²) in [4.78, 5) is 28.3. The normalized spacial score (nSPS) is 11.6. The van der Waals surface area contributed by atoms with E-state index in [0.717, 1.165) is 16.5 Å². The molecule has 0 bridgehead atoms. The predicted octanol–water partition coefficient (Wildman–Crippen LogP) is 3.48. The summed E-state index contributed by atoms with van der Waals surface area (Å²) in [6.45, 7) is 1.91. The molecule has 3 N–H and O–H groups in total. The number of nitrogens with one attached hydrogen (secondary N) is 3. The number of fused-ring (bicyclic) bond motifs is 1. The molecule has 2 aromatic carbocycles. The molecule has 0 aliphatic carbocycles. The fraction of sp³-hybridized carbons (Fsp3) is 0.273. The Labute approximate surface area is 174 Å². The van der Waals surface area contributed by atoms with E-state index in [1.807, 2.05) is 30.5 Å². The lowest BCUT2D eigenvalue weighted by molar-refractivity contribution is -0.118. The number of aromatic nitrogens is 1. The van der Waals surface area contributed by atoms with E-state index in [1.165, 1.54) is 14.2 Å².